The van der Waals surface area contributed by atoms with Crippen LogP contribution in [0.1, 0.15) is 28.4 Å². The van der Waals surface area contributed by atoms with Gasteiger partial charge in [-0.1, -0.05) is 54.6 Å². The fourth-order valence-corrected chi connectivity index (χ4v) is 1.83. The van der Waals surface area contributed by atoms with E-state index < -0.39 is 5.97 Å². The molecule has 0 fully saturated rings. The molecule has 3 nitrogen and oxygen atoms in total. The molecule has 0 aliphatic carbocycles. The average molecular weight is 306 g/mol. The molecule has 0 amide bonds. The lowest BCUT2D eigenvalue weighted by molar-refractivity contribution is -0.130. The summed E-state index contributed by atoms with van der Waals surface area (Å²) < 4.78 is 5.11. The van der Waals surface area contributed by atoms with Crippen LogP contribution in [0.25, 0.3) is 6.08 Å². The summed E-state index contributed by atoms with van der Waals surface area (Å²) >= 11 is 0. The highest BCUT2D eigenvalue weighted by atomic mass is 16.5. The highest BCUT2D eigenvalue weighted by molar-refractivity contribution is 6.06. The number of hydrogen-bond acceptors (Lipinski definition) is 3. The van der Waals surface area contributed by atoms with E-state index in [-0.39, 0.29) is 5.78 Å². The van der Waals surface area contributed by atoms with Crippen LogP contribution in [0.5, 0.6) is 5.75 Å². The summed E-state index contributed by atoms with van der Waals surface area (Å²) in [4.78, 5) is 23.5. The molecule has 0 heterocycles. The molecule has 0 spiro atoms. The molecular weight excluding hydrogens is 288 g/mol. The second-order valence-electron chi connectivity index (χ2n) is 5.30. The van der Waals surface area contributed by atoms with Crippen LogP contribution in [-0.2, 0) is 4.79 Å². The van der Waals surface area contributed by atoms with Crippen LogP contribution in [0.2, 0.25) is 0 Å². The summed E-state index contributed by atoms with van der Waals surface area (Å²) in [6.45, 7) is 7.10. The third kappa shape index (κ3) is 4.78. The summed E-state index contributed by atoms with van der Waals surface area (Å²) in [5.41, 5.74) is 2.96. The van der Waals surface area contributed by atoms with Crippen LogP contribution in [0.4, 0.5) is 0 Å². The van der Waals surface area contributed by atoms with Gasteiger partial charge in [-0.15, -0.1) is 0 Å². The number of aryl methyl sites for hydroxylation is 1. The van der Waals surface area contributed by atoms with Crippen molar-refractivity contribution in [3.8, 4) is 5.75 Å². The molecule has 0 unspecified atom stereocenters. The smallest absolute Gasteiger partial charge is 0.338 e. The fourth-order valence-electron chi connectivity index (χ4n) is 1.83. The van der Waals surface area contributed by atoms with Crippen LogP contribution in [-0.4, -0.2) is 11.8 Å². The Balaban J connectivity index is 2.02. The van der Waals surface area contributed by atoms with Crippen LogP contribution in [0.15, 0.2) is 66.8 Å². The largest absolute Gasteiger partial charge is 0.423 e. The Kier molecular flexibility index (Phi) is 5.26. The predicted molar refractivity (Wildman–Crippen MR) is 91.4 cm³/mol. The molecule has 23 heavy (non-hydrogen) atoms. The maximum absolute atomic E-state index is 12.1. The van der Waals surface area contributed by atoms with E-state index in [9.17, 15) is 9.59 Å². The number of hydrogen-bond donors (Lipinski definition) is 0. The van der Waals surface area contributed by atoms with Crippen LogP contribution >= 0.6 is 0 Å². The summed E-state index contributed by atoms with van der Waals surface area (Å²) in [5, 5.41) is 0. The minimum Gasteiger partial charge on any atom is -0.423 e. The number of allylic oxidation sites excluding steroid dienone is 1. The number of carbonyl (C=O) groups excluding carboxylic acids is 2. The number of ether oxygens (including phenoxy) is 1. The first kappa shape index (κ1) is 16.4. The first-order chi connectivity index (χ1) is 11.0. The van der Waals surface area contributed by atoms with Gasteiger partial charge in [-0.25, -0.2) is 4.79 Å². The van der Waals surface area contributed by atoms with E-state index >= 15 is 0 Å². The van der Waals surface area contributed by atoms with Crippen LogP contribution in [0, 0.1) is 6.92 Å². The lowest BCUT2D eigenvalue weighted by Crippen LogP contribution is -2.07. The van der Waals surface area contributed by atoms with Gasteiger partial charge in [-0.05, 0) is 37.6 Å². The summed E-state index contributed by atoms with van der Waals surface area (Å²) in [6.07, 6.45) is 3.26. The Morgan fingerprint density at radius 2 is 1.61 bits per heavy atom. The summed E-state index contributed by atoms with van der Waals surface area (Å²) in [6, 6.07) is 14.3. The Morgan fingerprint density at radius 3 is 2.17 bits per heavy atom. The van der Waals surface area contributed by atoms with Crippen molar-refractivity contribution in [2.24, 2.45) is 0 Å². The molecule has 2 rings (SSSR count). The molecule has 0 radical (unpaired) electrons. The van der Waals surface area contributed by atoms with Gasteiger partial charge in [-0.2, -0.15) is 0 Å². The molecule has 0 saturated carbocycles. The predicted octanol–water partition coefficient (Wildman–Crippen LogP) is 4.37. The average Bonchev–Trinajstić information content (AvgIpc) is 2.54. The number of benzene rings is 2. The third-order valence-corrected chi connectivity index (χ3v) is 3.20. The molecule has 0 aliphatic heterocycles. The lowest BCUT2D eigenvalue weighted by Gasteiger charge is -2.03. The Labute approximate surface area is 135 Å². The highest BCUT2D eigenvalue weighted by Gasteiger charge is 2.05. The second kappa shape index (κ2) is 7.36. The molecule has 116 valence electrons. The lowest BCUT2D eigenvalue weighted by atomic mass is 10.1. The number of ketones is 1. The van der Waals surface area contributed by atoms with Gasteiger partial charge < -0.3 is 4.74 Å². The molecule has 2 aromatic rings. The quantitative estimate of drug-likeness (QED) is 0.356. The zero-order chi connectivity index (χ0) is 16.8. The van der Waals surface area contributed by atoms with Gasteiger partial charge >= 0.3 is 5.97 Å². The second-order valence-corrected chi connectivity index (χ2v) is 5.30. The number of rotatable bonds is 5. The van der Waals surface area contributed by atoms with Gasteiger partial charge in [0.2, 0.25) is 0 Å². The SMILES string of the molecule is C=C(C)C(=O)Oc1ccc(/C=C/C(=O)c2ccc(C)cc2)cc1. The first-order valence-corrected chi connectivity index (χ1v) is 7.22. The number of esters is 1. The van der Waals surface area contributed by atoms with Gasteiger partial charge in [0.05, 0.1) is 0 Å². The Hall–Kier alpha value is -2.94. The zero-order valence-electron chi connectivity index (χ0n) is 13.2. The Morgan fingerprint density at radius 1 is 1.00 bits per heavy atom. The van der Waals surface area contributed by atoms with Crippen LogP contribution in [0.3, 0.4) is 0 Å². The van der Waals surface area contributed by atoms with E-state index in [1.54, 1.807) is 37.3 Å². The first-order valence-electron chi connectivity index (χ1n) is 7.22. The molecule has 0 atom stereocenters. The van der Waals surface area contributed by atoms with Crippen LogP contribution < -0.4 is 4.74 Å². The third-order valence-electron chi connectivity index (χ3n) is 3.20. The number of carbonyl (C=O) groups is 2. The van der Waals surface area contributed by atoms with Crippen molar-refractivity contribution < 1.29 is 14.3 Å². The van der Waals surface area contributed by atoms with Gasteiger partial charge in [0.1, 0.15) is 5.75 Å². The van der Waals surface area contributed by atoms with Gasteiger partial charge in [0, 0.05) is 11.1 Å². The molecular formula is C20H18O3. The standard InChI is InChI=1S/C20H18O3/c1-14(2)20(22)23-18-11-6-16(7-12-18)8-13-19(21)17-9-4-15(3)5-10-17/h4-13H,1H2,2-3H3/b13-8+. The fraction of sp³-hybridized carbons (Fsp3) is 0.100. The van der Waals surface area contributed by atoms with Crippen molar-refractivity contribution in [1.82, 2.24) is 0 Å². The van der Waals surface area contributed by atoms with Gasteiger partial charge in [0.15, 0.2) is 5.78 Å². The normalized spacial score (nSPS) is 10.5. The van der Waals surface area contributed by atoms with Gasteiger partial charge in [0.25, 0.3) is 0 Å². The highest BCUT2D eigenvalue weighted by Crippen LogP contribution is 2.15. The zero-order valence-corrected chi connectivity index (χ0v) is 13.2. The molecule has 0 aromatic heterocycles. The molecule has 0 aliphatic rings. The van der Waals surface area contributed by atoms with Crippen molar-refractivity contribution in [1.29, 1.82) is 0 Å². The van der Waals surface area contributed by atoms with Crippen molar-refractivity contribution in [3.63, 3.8) is 0 Å². The van der Waals surface area contributed by atoms with Crippen molar-refractivity contribution in [2.75, 3.05) is 0 Å². The minimum atomic E-state index is -0.456. The van der Waals surface area contributed by atoms with Crippen molar-refractivity contribution >= 4 is 17.8 Å². The Bertz CT molecular complexity index is 750. The van der Waals surface area contributed by atoms with Gasteiger partial charge in [-0.3, -0.25) is 4.79 Å². The maximum Gasteiger partial charge on any atom is 0.338 e. The molecule has 3 heteroatoms. The molecule has 0 saturated heterocycles. The van der Waals surface area contributed by atoms with Crippen molar-refractivity contribution in [2.45, 2.75) is 13.8 Å². The topological polar surface area (TPSA) is 43.4 Å². The van der Waals surface area contributed by atoms with Crippen molar-refractivity contribution in [3.05, 3.63) is 83.4 Å². The monoisotopic (exact) mass is 306 g/mol. The molecule has 2 aromatic carbocycles. The maximum atomic E-state index is 12.1. The van der Waals surface area contributed by atoms with E-state index in [1.807, 2.05) is 31.2 Å². The molecule has 0 N–H and O–H groups in total. The summed E-state index contributed by atoms with van der Waals surface area (Å²) in [5.74, 6) is -0.0642. The summed E-state index contributed by atoms with van der Waals surface area (Å²) in [7, 11) is 0. The van der Waals surface area contributed by atoms with E-state index in [0.717, 1.165) is 11.1 Å². The van der Waals surface area contributed by atoms with E-state index in [0.29, 0.717) is 16.9 Å². The van der Waals surface area contributed by atoms with E-state index in [1.165, 1.54) is 6.08 Å². The van der Waals surface area contributed by atoms with E-state index in [4.69, 9.17) is 4.74 Å². The minimum absolute atomic E-state index is 0.0530. The van der Waals surface area contributed by atoms with E-state index in [2.05, 4.69) is 6.58 Å². The molecule has 0 bridgehead atoms.